The van der Waals surface area contributed by atoms with Gasteiger partial charge in [-0.05, 0) is 37.7 Å². The van der Waals surface area contributed by atoms with Gasteiger partial charge in [0.2, 0.25) is 0 Å². The molecule has 10 heteroatoms. The molecule has 0 unspecified atom stereocenters. The number of nitrogen functional groups attached to an aromatic ring is 1. The molecule has 4 aliphatic heterocycles. The Morgan fingerprint density at radius 1 is 1.15 bits per heavy atom. The fourth-order valence-corrected chi connectivity index (χ4v) is 6.18. The first-order valence-corrected chi connectivity index (χ1v) is 12.4. The van der Waals surface area contributed by atoms with Crippen LogP contribution in [0.5, 0.6) is 5.75 Å². The van der Waals surface area contributed by atoms with E-state index in [4.69, 9.17) is 24.9 Å². The highest BCUT2D eigenvalue weighted by molar-refractivity contribution is 7.99. The number of rotatable bonds is 3. The van der Waals surface area contributed by atoms with E-state index in [1.54, 1.807) is 6.20 Å². The zero-order valence-corrected chi connectivity index (χ0v) is 19.9. The van der Waals surface area contributed by atoms with E-state index in [2.05, 4.69) is 33.7 Å². The van der Waals surface area contributed by atoms with Gasteiger partial charge in [-0.15, -0.1) is 0 Å². The molecule has 0 radical (unpaired) electrons. The van der Waals surface area contributed by atoms with Crippen LogP contribution in [0.1, 0.15) is 26.2 Å². The smallest absolute Gasteiger partial charge is 0.175 e. The Balaban J connectivity index is 1.17. The Bertz CT molecular complexity index is 1060. The van der Waals surface area contributed by atoms with Crippen LogP contribution in [0.15, 0.2) is 28.4 Å². The van der Waals surface area contributed by atoms with Gasteiger partial charge in [0, 0.05) is 26.3 Å². The van der Waals surface area contributed by atoms with Gasteiger partial charge in [-0.1, -0.05) is 11.8 Å². The van der Waals surface area contributed by atoms with Crippen molar-refractivity contribution in [2.24, 2.45) is 5.41 Å². The van der Waals surface area contributed by atoms with Crippen molar-refractivity contribution >= 4 is 29.2 Å². The lowest BCUT2D eigenvalue weighted by Gasteiger charge is -2.50. The molecule has 3 fully saturated rings. The molecule has 0 amide bonds. The lowest BCUT2D eigenvalue weighted by atomic mass is 9.77. The second-order valence-electron chi connectivity index (χ2n) is 9.86. The number of likely N-dealkylation sites (N-methyl/N-ethyl adjacent to an activating group) is 1. The molecule has 176 valence electrons. The van der Waals surface area contributed by atoms with Gasteiger partial charge in [0.15, 0.2) is 17.4 Å². The quantitative estimate of drug-likeness (QED) is 0.721. The molecule has 4 aliphatic rings. The predicted octanol–water partition coefficient (Wildman–Crippen LogP) is 2.60. The lowest BCUT2D eigenvalue weighted by molar-refractivity contribution is -0.0801. The van der Waals surface area contributed by atoms with Crippen LogP contribution in [0.4, 0.5) is 17.5 Å². The van der Waals surface area contributed by atoms with Crippen LogP contribution >= 0.6 is 11.8 Å². The third kappa shape index (κ3) is 3.59. The third-order valence-electron chi connectivity index (χ3n) is 7.61. The highest BCUT2D eigenvalue weighted by atomic mass is 32.2. The fraction of sp³-hybridized carbons (Fsp3) is 0.609. The maximum atomic E-state index is 6.36. The van der Waals surface area contributed by atoms with E-state index >= 15 is 0 Å². The van der Waals surface area contributed by atoms with Crippen molar-refractivity contribution in [3.8, 4) is 5.75 Å². The molecule has 0 aliphatic carbocycles. The van der Waals surface area contributed by atoms with Crippen molar-refractivity contribution in [1.29, 1.82) is 0 Å². The topological polar surface area (TPSA) is 98.9 Å². The van der Waals surface area contributed by atoms with Crippen LogP contribution in [-0.2, 0) is 9.47 Å². The maximum absolute atomic E-state index is 6.36. The highest BCUT2D eigenvalue weighted by Gasteiger charge is 2.48. The van der Waals surface area contributed by atoms with Crippen LogP contribution in [0, 0.1) is 5.41 Å². The molecule has 9 nitrogen and oxygen atoms in total. The summed E-state index contributed by atoms with van der Waals surface area (Å²) in [7, 11) is 2.05. The number of hydrogen-bond acceptors (Lipinski definition) is 10. The van der Waals surface area contributed by atoms with Gasteiger partial charge in [0.1, 0.15) is 23.0 Å². The number of hydrogen-bond donors (Lipinski definition) is 1. The van der Waals surface area contributed by atoms with Gasteiger partial charge < -0.3 is 29.7 Å². The SMILES string of the molecule is C[C@H]1CC2(CCN(c3cnc(Sc4ccnc5c4OCC4(COC4)N5C)c(N)n3)CC2)CO1. The average molecular weight is 471 g/mol. The summed E-state index contributed by atoms with van der Waals surface area (Å²) in [6, 6.07) is 1.94. The fourth-order valence-electron chi connectivity index (χ4n) is 5.34. The van der Waals surface area contributed by atoms with Crippen LogP contribution in [0.25, 0.3) is 0 Å². The number of pyridine rings is 1. The zero-order valence-electron chi connectivity index (χ0n) is 19.1. The largest absolute Gasteiger partial charge is 0.486 e. The van der Waals surface area contributed by atoms with Gasteiger partial charge in [-0.2, -0.15) is 0 Å². The molecule has 0 bridgehead atoms. The molecular weight excluding hydrogens is 440 g/mol. The monoisotopic (exact) mass is 470 g/mol. The Morgan fingerprint density at radius 3 is 2.64 bits per heavy atom. The molecule has 2 N–H and O–H groups in total. The van der Waals surface area contributed by atoms with E-state index in [-0.39, 0.29) is 5.54 Å². The predicted molar refractivity (Wildman–Crippen MR) is 126 cm³/mol. The molecule has 2 spiro atoms. The van der Waals surface area contributed by atoms with Crippen molar-refractivity contribution in [3.63, 3.8) is 0 Å². The van der Waals surface area contributed by atoms with Crippen LogP contribution in [-0.4, -0.2) is 73.2 Å². The first-order valence-electron chi connectivity index (χ1n) is 11.6. The third-order valence-corrected chi connectivity index (χ3v) is 8.66. The Labute approximate surface area is 198 Å². The molecule has 0 aromatic carbocycles. The minimum absolute atomic E-state index is 0.112. The average Bonchev–Trinajstić information content (AvgIpc) is 3.15. The molecule has 33 heavy (non-hydrogen) atoms. The Kier molecular flexibility index (Phi) is 5.08. The number of aromatic nitrogens is 3. The maximum Gasteiger partial charge on any atom is 0.175 e. The van der Waals surface area contributed by atoms with Crippen molar-refractivity contribution < 1.29 is 14.2 Å². The zero-order chi connectivity index (χ0) is 22.6. The van der Waals surface area contributed by atoms with Crippen LogP contribution < -0.4 is 20.3 Å². The first-order chi connectivity index (χ1) is 16.0. The highest BCUT2D eigenvalue weighted by Crippen LogP contribution is 2.46. The standard InChI is InChI=1S/C23H30N6O3S/c1-15-9-22(11-31-15)4-7-29(8-5-22)17-10-26-21(19(24)27-17)33-16-3-6-25-20-18(16)32-14-23(28(20)2)12-30-13-23/h3,6,10,15H,4-5,7-9,11-14H2,1-2H3,(H2,24,27)/t15-/m0/s1. The minimum atomic E-state index is -0.112. The summed E-state index contributed by atoms with van der Waals surface area (Å²) in [5.41, 5.74) is 6.59. The molecule has 2 aromatic rings. The molecule has 6 heterocycles. The summed E-state index contributed by atoms with van der Waals surface area (Å²) < 4.78 is 17.4. The van der Waals surface area contributed by atoms with E-state index < -0.39 is 0 Å². The van der Waals surface area contributed by atoms with Crippen molar-refractivity contribution in [2.75, 3.05) is 62.1 Å². The number of nitrogens with zero attached hydrogens (tertiary/aromatic N) is 5. The van der Waals surface area contributed by atoms with E-state index in [9.17, 15) is 0 Å². The normalized spacial score (nSPS) is 25.1. The summed E-state index contributed by atoms with van der Waals surface area (Å²) in [4.78, 5) is 19.3. The number of nitrogens with two attached hydrogens (primary N) is 1. The Hall–Kier alpha value is -2.30. The molecule has 0 saturated carbocycles. The lowest BCUT2D eigenvalue weighted by Crippen LogP contribution is -2.66. The molecule has 6 rings (SSSR count). The van der Waals surface area contributed by atoms with Crippen molar-refractivity contribution in [3.05, 3.63) is 18.5 Å². The Morgan fingerprint density at radius 2 is 1.97 bits per heavy atom. The van der Waals surface area contributed by atoms with Gasteiger partial charge in [0.25, 0.3) is 0 Å². The summed E-state index contributed by atoms with van der Waals surface area (Å²) in [5, 5.41) is 0.678. The first kappa shape index (κ1) is 21.2. The second-order valence-corrected chi connectivity index (χ2v) is 10.9. The van der Waals surface area contributed by atoms with Gasteiger partial charge >= 0.3 is 0 Å². The number of piperidine rings is 1. The van der Waals surface area contributed by atoms with Gasteiger partial charge in [-0.25, -0.2) is 15.0 Å². The molecule has 2 aromatic heterocycles. The van der Waals surface area contributed by atoms with E-state index in [1.807, 2.05) is 12.3 Å². The van der Waals surface area contributed by atoms with E-state index in [1.165, 1.54) is 11.8 Å². The molecule has 1 atom stereocenters. The summed E-state index contributed by atoms with van der Waals surface area (Å²) in [5.74, 6) is 2.87. The minimum Gasteiger partial charge on any atom is -0.486 e. The van der Waals surface area contributed by atoms with Gasteiger partial charge in [0.05, 0.1) is 37.0 Å². The molecule has 3 saturated heterocycles. The summed E-state index contributed by atoms with van der Waals surface area (Å²) >= 11 is 1.47. The van der Waals surface area contributed by atoms with Crippen molar-refractivity contribution in [1.82, 2.24) is 15.0 Å². The summed E-state index contributed by atoms with van der Waals surface area (Å²) in [6.45, 7) is 6.87. The molecular formula is C23H30N6O3S. The van der Waals surface area contributed by atoms with E-state index in [0.717, 1.165) is 61.2 Å². The summed E-state index contributed by atoms with van der Waals surface area (Å²) in [6.07, 6.45) is 7.41. The van der Waals surface area contributed by atoms with E-state index in [0.29, 0.717) is 42.2 Å². The number of ether oxygens (including phenoxy) is 3. The second kappa shape index (κ2) is 7.89. The van der Waals surface area contributed by atoms with Crippen LogP contribution in [0.3, 0.4) is 0 Å². The van der Waals surface area contributed by atoms with Crippen LogP contribution in [0.2, 0.25) is 0 Å². The van der Waals surface area contributed by atoms with Gasteiger partial charge in [-0.3, -0.25) is 0 Å². The number of fused-ring (bicyclic) bond motifs is 1. The number of anilines is 3. The van der Waals surface area contributed by atoms with Crippen molar-refractivity contribution in [2.45, 2.75) is 47.8 Å².